The maximum atomic E-state index is 11.4. The lowest BCUT2D eigenvalue weighted by Gasteiger charge is -2.17. The Hall–Kier alpha value is -0.990. The Morgan fingerprint density at radius 2 is 2.08 bits per heavy atom. The zero-order valence-electron chi connectivity index (χ0n) is 7.84. The molecule has 0 bridgehead atoms. The summed E-state index contributed by atoms with van der Waals surface area (Å²) in [5.41, 5.74) is 0. The molecule has 1 rings (SSSR count). The Balaban J connectivity index is 2.64. The van der Waals surface area contributed by atoms with Gasteiger partial charge in [-0.2, -0.15) is 0 Å². The van der Waals surface area contributed by atoms with Crippen LogP contribution in [0.5, 0.6) is 0 Å². The van der Waals surface area contributed by atoms with Crippen molar-refractivity contribution in [2.75, 3.05) is 0 Å². The molecule has 0 heterocycles. The number of rotatable bonds is 3. The predicted octanol–water partition coefficient (Wildman–Crippen LogP) is 1.29. The minimum absolute atomic E-state index is 0.0435. The standard InChI is InChI=1S/C10H14O3/c1-2-8(11)10(13)7-5-3-4-6-9(7)12/h7H,2-6H2,1H3/t7-/m1/s1. The highest BCUT2D eigenvalue weighted by Gasteiger charge is 2.31. The summed E-state index contributed by atoms with van der Waals surface area (Å²) in [4.78, 5) is 33.7. The molecule has 0 amide bonds. The van der Waals surface area contributed by atoms with Gasteiger partial charge in [-0.1, -0.05) is 13.3 Å². The first-order chi connectivity index (χ1) is 6.16. The molecule has 0 N–H and O–H groups in total. The molecule has 0 unspecified atom stereocenters. The molecule has 0 aliphatic heterocycles. The highest BCUT2D eigenvalue weighted by Crippen LogP contribution is 2.21. The Morgan fingerprint density at radius 3 is 2.62 bits per heavy atom. The predicted molar refractivity (Wildman–Crippen MR) is 47.3 cm³/mol. The second-order valence-corrected chi connectivity index (χ2v) is 3.41. The lowest BCUT2D eigenvalue weighted by molar-refractivity contribution is -0.143. The van der Waals surface area contributed by atoms with Gasteiger partial charge in [0.2, 0.25) is 5.78 Å². The number of carbonyl (C=O) groups is 3. The fourth-order valence-corrected chi connectivity index (χ4v) is 1.63. The number of hydrogen-bond acceptors (Lipinski definition) is 3. The normalized spacial score (nSPS) is 22.8. The van der Waals surface area contributed by atoms with Gasteiger partial charge in [-0.3, -0.25) is 14.4 Å². The molecule has 72 valence electrons. The number of ketones is 3. The molecule has 0 aromatic carbocycles. The zero-order valence-corrected chi connectivity index (χ0v) is 7.84. The molecule has 1 aliphatic carbocycles. The molecule has 0 saturated heterocycles. The first-order valence-corrected chi connectivity index (χ1v) is 4.76. The van der Waals surface area contributed by atoms with E-state index in [9.17, 15) is 14.4 Å². The first kappa shape index (κ1) is 10.1. The van der Waals surface area contributed by atoms with Crippen LogP contribution in [0.15, 0.2) is 0 Å². The fourth-order valence-electron chi connectivity index (χ4n) is 1.63. The molecule has 1 aliphatic rings. The molecular formula is C10H14O3. The van der Waals surface area contributed by atoms with Crippen molar-refractivity contribution in [3.63, 3.8) is 0 Å². The Kier molecular flexibility index (Phi) is 3.34. The minimum Gasteiger partial charge on any atom is -0.299 e. The number of Topliss-reactive ketones (excluding diaryl/α,β-unsaturated/α-hetero) is 3. The second kappa shape index (κ2) is 4.30. The van der Waals surface area contributed by atoms with Crippen molar-refractivity contribution < 1.29 is 14.4 Å². The third kappa shape index (κ3) is 2.23. The summed E-state index contributed by atoms with van der Waals surface area (Å²) in [5.74, 6) is -1.52. The molecule has 13 heavy (non-hydrogen) atoms. The summed E-state index contributed by atoms with van der Waals surface area (Å²) in [6.07, 6.45) is 3.00. The van der Waals surface area contributed by atoms with Gasteiger partial charge < -0.3 is 0 Å². The van der Waals surface area contributed by atoms with Gasteiger partial charge in [0.25, 0.3) is 0 Å². The van der Waals surface area contributed by atoms with Crippen LogP contribution in [0.4, 0.5) is 0 Å². The van der Waals surface area contributed by atoms with E-state index in [0.29, 0.717) is 12.8 Å². The van der Waals surface area contributed by atoms with E-state index in [-0.39, 0.29) is 12.2 Å². The lowest BCUT2D eigenvalue weighted by atomic mass is 9.83. The van der Waals surface area contributed by atoms with E-state index in [1.54, 1.807) is 6.92 Å². The van der Waals surface area contributed by atoms with E-state index in [1.807, 2.05) is 0 Å². The van der Waals surface area contributed by atoms with Gasteiger partial charge in [-0.25, -0.2) is 0 Å². The van der Waals surface area contributed by atoms with Crippen LogP contribution in [0.25, 0.3) is 0 Å². The largest absolute Gasteiger partial charge is 0.299 e. The summed E-state index contributed by atoms with van der Waals surface area (Å²) < 4.78 is 0. The molecule has 1 fully saturated rings. The van der Waals surface area contributed by atoms with Crippen LogP contribution < -0.4 is 0 Å². The SMILES string of the molecule is CCC(=O)C(=O)[C@@H]1CCCCC1=O. The second-order valence-electron chi connectivity index (χ2n) is 3.41. The molecule has 0 aromatic heterocycles. The van der Waals surface area contributed by atoms with E-state index < -0.39 is 17.5 Å². The van der Waals surface area contributed by atoms with Crippen LogP contribution in [0, 0.1) is 5.92 Å². The molecule has 1 atom stereocenters. The Labute approximate surface area is 77.5 Å². The molecule has 3 heteroatoms. The molecule has 0 spiro atoms. The third-order valence-corrected chi connectivity index (χ3v) is 2.47. The maximum Gasteiger partial charge on any atom is 0.208 e. The quantitative estimate of drug-likeness (QED) is 0.488. The van der Waals surface area contributed by atoms with Gasteiger partial charge in [0.15, 0.2) is 5.78 Å². The summed E-state index contributed by atoms with van der Waals surface area (Å²) >= 11 is 0. The van der Waals surface area contributed by atoms with Crippen molar-refractivity contribution in [2.24, 2.45) is 5.92 Å². The maximum absolute atomic E-state index is 11.4. The van der Waals surface area contributed by atoms with Crippen LogP contribution in [0.1, 0.15) is 39.0 Å². The summed E-state index contributed by atoms with van der Waals surface area (Å²) in [5, 5.41) is 0. The van der Waals surface area contributed by atoms with Gasteiger partial charge in [-0.15, -0.1) is 0 Å². The zero-order chi connectivity index (χ0) is 9.84. The van der Waals surface area contributed by atoms with Crippen molar-refractivity contribution in [2.45, 2.75) is 39.0 Å². The number of carbonyl (C=O) groups excluding carboxylic acids is 3. The molecule has 0 radical (unpaired) electrons. The monoisotopic (exact) mass is 182 g/mol. The third-order valence-electron chi connectivity index (χ3n) is 2.47. The van der Waals surface area contributed by atoms with E-state index in [0.717, 1.165) is 12.8 Å². The smallest absolute Gasteiger partial charge is 0.208 e. The van der Waals surface area contributed by atoms with Gasteiger partial charge >= 0.3 is 0 Å². The highest BCUT2D eigenvalue weighted by atomic mass is 16.2. The van der Waals surface area contributed by atoms with Crippen molar-refractivity contribution in [1.29, 1.82) is 0 Å². The van der Waals surface area contributed by atoms with Gasteiger partial charge in [0, 0.05) is 12.8 Å². The van der Waals surface area contributed by atoms with Crippen molar-refractivity contribution in [3.8, 4) is 0 Å². The van der Waals surface area contributed by atoms with Crippen LogP contribution in [0.3, 0.4) is 0 Å². The fraction of sp³-hybridized carbons (Fsp3) is 0.700. The summed E-state index contributed by atoms with van der Waals surface area (Å²) in [7, 11) is 0. The van der Waals surface area contributed by atoms with E-state index in [4.69, 9.17) is 0 Å². The van der Waals surface area contributed by atoms with Crippen LogP contribution in [-0.4, -0.2) is 17.3 Å². The first-order valence-electron chi connectivity index (χ1n) is 4.76. The number of hydrogen-bond donors (Lipinski definition) is 0. The molecular weight excluding hydrogens is 168 g/mol. The molecule has 1 saturated carbocycles. The van der Waals surface area contributed by atoms with E-state index >= 15 is 0 Å². The van der Waals surface area contributed by atoms with E-state index in [1.165, 1.54) is 0 Å². The van der Waals surface area contributed by atoms with Crippen molar-refractivity contribution >= 4 is 17.3 Å². The molecule has 3 nitrogen and oxygen atoms in total. The van der Waals surface area contributed by atoms with Crippen LogP contribution in [-0.2, 0) is 14.4 Å². The van der Waals surface area contributed by atoms with E-state index in [2.05, 4.69) is 0 Å². The van der Waals surface area contributed by atoms with Crippen molar-refractivity contribution in [3.05, 3.63) is 0 Å². The summed E-state index contributed by atoms with van der Waals surface area (Å²) in [6.45, 7) is 1.65. The molecule has 0 aromatic rings. The minimum atomic E-state index is -0.610. The lowest BCUT2D eigenvalue weighted by Crippen LogP contribution is -2.32. The Bertz CT molecular complexity index is 243. The van der Waals surface area contributed by atoms with Gasteiger partial charge in [0.05, 0.1) is 5.92 Å². The Morgan fingerprint density at radius 1 is 1.38 bits per heavy atom. The topological polar surface area (TPSA) is 51.2 Å². The van der Waals surface area contributed by atoms with Crippen LogP contribution in [0.2, 0.25) is 0 Å². The van der Waals surface area contributed by atoms with Crippen molar-refractivity contribution in [1.82, 2.24) is 0 Å². The average Bonchev–Trinajstić information content (AvgIpc) is 2.16. The van der Waals surface area contributed by atoms with Gasteiger partial charge in [-0.05, 0) is 12.8 Å². The average molecular weight is 182 g/mol. The highest BCUT2D eigenvalue weighted by molar-refractivity contribution is 6.41. The van der Waals surface area contributed by atoms with Gasteiger partial charge in [0.1, 0.15) is 5.78 Å². The van der Waals surface area contributed by atoms with Crippen LogP contribution >= 0.6 is 0 Å². The summed E-state index contributed by atoms with van der Waals surface area (Å²) in [6, 6.07) is 0.